The minimum atomic E-state index is 0.692. The normalized spacial score (nSPS) is 15.0. The summed E-state index contributed by atoms with van der Waals surface area (Å²) in [5.41, 5.74) is 2.49. The second-order valence-corrected chi connectivity index (χ2v) is 4.66. The van der Waals surface area contributed by atoms with E-state index in [1.54, 1.807) is 0 Å². The summed E-state index contributed by atoms with van der Waals surface area (Å²) in [7, 11) is 3.61. The van der Waals surface area contributed by atoms with Gasteiger partial charge in [0.1, 0.15) is 18.5 Å². The van der Waals surface area contributed by atoms with E-state index >= 15 is 0 Å². The van der Waals surface area contributed by atoms with E-state index < -0.39 is 0 Å². The molecule has 0 bridgehead atoms. The zero-order valence-corrected chi connectivity index (χ0v) is 15.2. The molecular formula is C15H29ClN4O. The maximum absolute atomic E-state index is 6.36. The molecular weight excluding hydrogens is 288 g/mol. The number of halogens is 1. The van der Waals surface area contributed by atoms with E-state index in [9.17, 15) is 0 Å². The molecule has 0 unspecified atom stereocenters. The highest BCUT2D eigenvalue weighted by molar-refractivity contribution is 6.34. The van der Waals surface area contributed by atoms with Gasteiger partial charge in [0, 0.05) is 19.6 Å². The number of nitrogens with zero attached hydrogens (tertiary/aromatic N) is 4. The van der Waals surface area contributed by atoms with Gasteiger partial charge in [-0.25, -0.2) is 0 Å². The lowest BCUT2D eigenvalue weighted by Crippen LogP contribution is -2.17. The highest BCUT2D eigenvalue weighted by atomic mass is 35.5. The van der Waals surface area contributed by atoms with Crippen LogP contribution in [0.4, 0.5) is 0 Å². The summed E-state index contributed by atoms with van der Waals surface area (Å²) in [5, 5.41) is 9.09. The lowest BCUT2D eigenvalue weighted by atomic mass is 10.2. The standard InChI is InChI=1S/C11H17ClN4O.2C2H6/c1-8(14-17-3)11-10(12)9-7-15(2)5-4-6-16(9)13-11;2*1-2/h4-7H2,1-3H3;2*1-2H3/b14-8+;;. The minimum Gasteiger partial charge on any atom is -0.399 e. The Hall–Kier alpha value is -1.07. The monoisotopic (exact) mass is 316 g/mol. The van der Waals surface area contributed by atoms with Crippen LogP contribution in [-0.4, -0.2) is 41.1 Å². The molecule has 5 nitrogen and oxygen atoms in total. The second kappa shape index (κ2) is 10.6. The van der Waals surface area contributed by atoms with Crippen molar-refractivity contribution in [2.45, 2.75) is 54.1 Å². The lowest BCUT2D eigenvalue weighted by molar-refractivity contribution is 0.213. The summed E-state index contributed by atoms with van der Waals surface area (Å²) in [6.07, 6.45) is 1.08. The number of rotatable bonds is 2. The summed E-state index contributed by atoms with van der Waals surface area (Å²) >= 11 is 6.36. The summed E-state index contributed by atoms with van der Waals surface area (Å²) in [5.74, 6) is 0. The van der Waals surface area contributed by atoms with Gasteiger partial charge in [0.05, 0.1) is 10.7 Å². The Labute approximate surface area is 133 Å². The molecule has 0 saturated carbocycles. The van der Waals surface area contributed by atoms with Crippen LogP contribution in [0.5, 0.6) is 0 Å². The van der Waals surface area contributed by atoms with Crippen LogP contribution in [-0.2, 0) is 17.9 Å². The van der Waals surface area contributed by atoms with Crippen molar-refractivity contribution in [3.8, 4) is 0 Å². The van der Waals surface area contributed by atoms with Crippen molar-refractivity contribution in [1.82, 2.24) is 14.7 Å². The van der Waals surface area contributed by atoms with Crippen LogP contribution in [0.1, 0.15) is 52.4 Å². The van der Waals surface area contributed by atoms with E-state index in [-0.39, 0.29) is 0 Å². The molecule has 1 aliphatic rings. The van der Waals surface area contributed by atoms with Crippen molar-refractivity contribution < 1.29 is 4.84 Å². The Morgan fingerprint density at radius 3 is 2.43 bits per heavy atom. The van der Waals surface area contributed by atoms with Crippen molar-refractivity contribution in [2.75, 3.05) is 20.7 Å². The van der Waals surface area contributed by atoms with Crippen LogP contribution in [0.2, 0.25) is 5.02 Å². The van der Waals surface area contributed by atoms with Gasteiger partial charge in [-0.1, -0.05) is 44.5 Å². The van der Waals surface area contributed by atoms with Crippen LogP contribution in [0.3, 0.4) is 0 Å². The molecule has 0 spiro atoms. The number of fused-ring (bicyclic) bond motifs is 1. The maximum atomic E-state index is 6.36. The summed E-state index contributed by atoms with van der Waals surface area (Å²) in [6.45, 7) is 12.6. The second-order valence-electron chi connectivity index (χ2n) is 4.28. The van der Waals surface area contributed by atoms with E-state index in [2.05, 4.69) is 22.2 Å². The predicted octanol–water partition coefficient (Wildman–Crippen LogP) is 3.79. The number of oxime groups is 1. The summed E-state index contributed by atoms with van der Waals surface area (Å²) in [4.78, 5) is 7.01. The molecule has 0 fully saturated rings. The summed E-state index contributed by atoms with van der Waals surface area (Å²) < 4.78 is 1.98. The quantitative estimate of drug-likeness (QED) is 0.615. The highest BCUT2D eigenvalue weighted by Gasteiger charge is 2.21. The van der Waals surface area contributed by atoms with Crippen LogP contribution in [0.15, 0.2) is 5.16 Å². The van der Waals surface area contributed by atoms with Crippen molar-refractivity contribution in [3.05, 3.63) is 16.4 Å². The zero-order valence-electron chi connectivity index (χ0n) is 14.4. The van der Waals surface area contributed by atoms with Crippen molar-refractivity contribution in [2.24, 2.45) is 5.16 Å². The third-order valence-corrected chi connectivity index (χ3v) is 3.29. The minimum absolute atomic E-state index is 0.692. The molecule has 1 aromatic rings. The molecule has 1 aromatic heterocycles. The molecule has 0 aliphatic carbocycles. The van der Waals surface area contributed by atoms with E-state index in [0.29, 0.717) is 10.7 Å². The number of aryl methyl sites for hydroxylation is 1. The van der Waals surface area contributed by atoms with Gasteiger partial charge in [-0.2, -0.15) is 5.10 Å². The molecule has 2 heterocycles. The van der Waals surface area contributed by atoms with Crippen LogP contribution in [0.25, 0.3) is 0 Å². The van der Waals surface area contributed by atoms with Crippen LogP contribution < -0.4 is 0 Å². The lowest BCUT2D eigenvalue weighted by Gasteiger charge is -2.11. The molecule has 21 heavy (non-hydrogen) atoms. The van der Waals surface area contributed by atoms with Gasteiger partial charge in [-0.3, -0.25) is 4.68 Å². The third-order valence-electron chi connectivity index (χ3n) is 2.89. The van der Waals surface area contributed by atoms with Gasteiger partial charge < -0.3 is 9.74 Å². The summed E-state index contributed by atoms with van der Waals surface area (Å²) in [6, 6.07) is 0. The van der Waals surface area contributed by atoms with Crippen molar-refractivity contribution in [1.29, 1.82) is 0 Å². The fraction of sp³-hybridized carbons (Fsp3) is 0.733. The number of hydrogen-bond donors (Lipinski definition) is 0. The first-order chi connectivity index (χ1) is 10.1. The van der Waals surface area contributed by atoms with E-state index in [1.165, 1.54) is 7.11 Å². The first-order valence-electron chi connectivity index (χ1n) is 7.65. The highest BCUT2D eigenvalue weighted by Crippen LogP contribution is 2.24. The Kier molecular flexibility index (Phi) is 10.1. The Balaban J connectivity index is 0.000000921. The first kappa shape index (κ1) is 19.9. The molecule has 0 N–H and O–H groups in total. The molecule has 0 radical (unpaired) electrons. The van der Waals surface area contributed by atoms with Crippen LogP contribution >= 0.6 is 11.6 Å². The van der Waals surface area contributed by atoms with Gasteiger partial charge in [0.2, 0.25) is 0 Å². The van der Waals surface area contributed by atoms with Crippen molar-refractivity contribution >= 4 is 17.3 Å². The molecule has 0 saturated heterocycles. The zero-order chi connectivity index (χ0) is 16.4. The third kappa shape index (κ3) is 5.32. The SMILES string of the molecule is CC.CC.CO/N=C(\C)c1nn2c(c1Cl)CN(C)CCC2. The Morgan fingerprint density at radius 1 is 1.24 bits per heavy atom. The van der Waals surface area contributed by atoms with E-state index in [0.717, 1.165) is 37.4 Å². The molecule has 2 rings (SSSR count). The van der Waals surface area contributed by atoms with Gasteiger partial charge >= 0.3 is 0 Å². The average Bonchev–Trinajstić information content (AvgIpc) is 2.70. The maximum Gasteiger partial charge on any atom is 0.129 e. The van der Waals surface area contributed by atoms with E-state index in [1.807, 2.05) is 39.3 Å². The fourth-order valence-electron chi connectivity index (χ4n) is 2.05. The number of hydrogen-bond acceptors (Lipinski definition) is 4. The molecule has 122 valence electrons. The Bertz CT molecular complexity index is 443. The molecule has 6 heteroatoms. The van der Waals surface area contributed by atoms with Gasteiger partial charge in [0.25, 0.3) is 0 Å². The molecule has 1 aliphatic heterocycles. The smallest absolute Gasteiger partial charge is 0.129 e. The van der Waals surface area contributed by atoms with Crippen molar-refractivity contribution in [3.63, 3.8) is 0 Å². The molecule has 0 amide bonds. The van der Waals surface area contributed by atoms with Gasteiger partial charge in [-0.05, 0) is 20.4 Å². The Morgan fingerprint density at radius 2 is 1.86 bits per heavy atom. The average molecular weight is 317 g/mol. The van der Waals surface area contributed by atoms with Gasteiger partial charge in [-0.15, -0.1) is 0 Å². The number of aromatic nitrogens is 2. The molecule has 0 atom stereocenters. The first-order valence-corrected chi connectivity index (χ1v) is 8.03. The molecule has 0 aromatic carbocycles. The van der Waals surface area contributed by atoms with Crippen LogP contribution in [0, 0.1) is 0 Å². The van der Waals surface area contributed by atoms with E-state index in [4.69, 9.17) is 16.4 Å². The predicted molar refractivity (Wildman–Crippen MR) is 90.1 cm³/mol. The largest absolute Gasteiger partial charge is 0.399 e. The van der Waals surface area contributed by atoms with Gasteiger partial charge in [0.15, 0.2) is 0 Å². The topological polar surface area (TPSA) is 42.7 Å². The fourth-order valence-corrected chi connectivity index (χ4v) is 2.38.